The smallest absolute Gasteiger partial charge is 0.251 e. The van der Waals surface area contributed by atoms with Crippen molar-refractivity contribution < 1.29 is 13.2 Å². The van der Waals surface area contributed by atoms with Gasteiger partial charge in [0, 0.05) is 18.7 Å². The molecule has 0 saturated heterocycles. The van der Waals surface area contributed by atoms with Gasteiger partial charge in [-0.25, -0.2) is 13.1 Å². The van der Waals surface area contributed by atoms with Gasteiger partial charge in [-0.15, -0.1) is 6.58 Å². The molecule has 0 saturated carbocycles. The summed E-state index contributed by atoms with van der Waals surface area (Å²) in [4.78, 5) is 12.4. The Morgan fingerprint density at radius 2 is 1.85 bits per heavy atom. The minimum atomic E-state index is -3.65. The van der Waals surface area contributed by atoms with E-state index in [4.69, 9.17) is 0 Å². The number of benzene rings is 2. The number of sulfonamides is 1. The van der Waals surface area contributed by atoms with E-state index in [0.29, 0.717) is 24.4 Å². The molecular formula is C21H26N2O3S. The largest absolute Gasteiger partial charge is 0.352 e. The SMILES string of the molecule is C=CCNS(=O)(=O)c1cccc(C(=O)NCCc2ccc(C(C)C)cc2)c1. The molecule has 0 radical (unpaired) electrons. The van der Waals surface area contributed by atoms with E-state index >= 15 is 0 Å². The van der Waals surface area contributed by atoms with E-state index in [2.05, 4.69) is 54.7 Å². The molecule has 144 valence electrons. The zero-order chi connectivity index (χ0) is 19.9. The molecule has 2 aromatic rings. The molecular weight excluding hydrogens is 360 g/mol. The maximum Gasteiger partial charge on any atom is 0.251 e. The quantitative estimate of drug-likeness (QED) is 0.650. The van der Waals surface area contributed by atoms with Gasteiger partial charge in [0.2, 0.25) is 10.0 Å². The van der Waals surface area contributed by atoms with E-state index in [1.54, 1.807) is 12.1 Å². The molecule has 0 bridgehead atoms. The van der Waals surface area contributed by atoms with Crippen molar-refractivity contribution in [2.24, 2.45) is 0 Å². The lowest BCUT2D eigenvalue weighted by molar-refractivity contribution is 0.0954. The molecule has 0 heterocycles. The number of hydrogen-bond donors (Lipinski definition) is 2. The van der Waals surface area contributed by atoms with Crippen LogP contribution < -0.4 is 10.0 Å². The van der Waals surface area contributed by atoms with E-state index in [1.807, 2.05) is 0 Å². The standard InChI is InChI=1S/C21H26N2O3S/c1-4-13-23-27(25,26)20-7-5-6-19(15-20)21(24)22-14-12-17-8-10-18(11-9-17)16(2)3/h4-11,15-16,23H,1,12-14H2,2-3H3,(H,22,24). The van der Waals surface area contributed by atoms with Gasteiger partial charge in [-0.3, -0.25) is 4.79 Å². The predicted octanol–water partition coefficient (Wildman–Crippen LogP) is 3.25. The van der Waals surface area contributed by atoms with Crippen LogP contribution in [0.25, 0.3) is 0 Å². The van der Waals surface area contributed by atoms with Crippen LogP contribution in [0.5, 0.6) is 0 Å². The number of amides is 1. The number of nitrogens with one attached hydrogen (secondary N) is 2. The van der Waals surface area contributed by atoms with Crippen molar-refractivity contribution in [3.8, 4) is 0 Å². The van der Waals surface area contributed by atoms with Gasteiger partial charge in [0.25, 0.3) is 5.91 Å². The van der Waals surface area contributed by atoms with Crippen molar-refractivity contribution in [1.29, 1.82) is 0 Å². The topological polar surface area (TPSA) is 75.3 Å². The van der Waals surface area contributed by atoms with E-state index in [-0.39, 0.29) is 17.3 Å². The first-order valence-electron chi connectivity index (χ1n) is 8.91. The molecule has 6 heteroatoms. The minimum absolute atomic E-state index is 0.0567. The molecule has 0 aliphatic heterocycles. The summed E-state index contributed by atoms with van der Waals surface area (Å²) >= 11 is 0. The van der Waals surface area contributed by atoms with Gasteiger partial charge >= 0.3 is 0 Å². The summed E-state index contributed by atoms with van der Waals surface area (Å²) in [6, 6.07) is 14.3. The van der Waals surface area contributed by atoms with Crippen LogP contribution in [0.2, 0.25) is 0 Å². The summed E-state index contributed by atoms with van der Waals surface area (Å²) in [6.07, 6.45) is 2.17. The molecule has 2 N–H and O–H groups in total. The van der Waals surface area contributed by atoms with Gasteiger partial charge in [-0.05, 0) is 41.7 Å². The summed E-state index contributed by atoms with van der Waals surface area (Å²) in [5.41, 5.74) is 2.74. The first-order valence-corrected chi connectivity index (χ1v) is 10.4. The number of hydrogen-bond acceptors (Lipinski definition) is 3. The molecule has 0 aliphatic carbocycles. The molecule has 2 rings (SSSR count). The van der Waals surface area contributed by atoms with Crippen LogP contribution in [0.15, 0.2) is 66.1 Å². The third-order valence-corrected chi connectivity index (χ3v) is 5.59. The van der Waals surface area contributed by atoms with E-state index < -0.39 is 10.0 Å². The van der Waals surface area contributed by atoms with Gasteiger partial charge in [0.05, 0.1) is 4.90 Å². The Morgan fingerprint density at radius 3 is 2.48 bits per heavy atom. The van der Waals surface area contributed by atoms with Gasteiger partial charge in [0.15, 0.2) is 0 Å². The first-order chi connectivity index (χ1) is 12.8. The minimum Gasteiger partial charge on any atom is -0.352 e. The number of rotatable bonds is 9. The van der Waals surface area contributed by atoms with Crippen LogP contribution in [0.4, 0.5) is 0 Å². The summed E-state index contributed by atoms with van der Waals surface area (Å²) in [5.74, 6) is 0.192. The predicted molar refractivity (Wildman–Crippen MR) is 108 cm³/mol. The van der Waals surface area contributed by atoms with Crippen LogP contribution >= 0.6 is 0 Å². The molecule has 0 fully saturated rings. The maximum atomic E-state index is 12.3. The molecule has 0 spiro atoms. The Bertz CT molecular complexity index is 888. The first kappa shape index (κ1) is 20.9. The van der Waals surface area contributed by atoms with Gasteiger partial charge in [0.1, 0.15) is 0 Å². The highest BCUT2D eigenvalue weighted by molar-refractivity contribution is 7.89. The van der Waals surface area contributed by atoms with Crippen LogP contribution in [0.1, 0.15) is 41.3 Å². The fourth-order valence-electron chi connectivity index (χ4n) is 2.55. The lowest BCUT2D eigenvalue weighted by atomic mass is 10.0. The Balaban J connectivity index is 1.96. The van der Waals surface area contributed by atoms with Crippen LogP contribution in [-0.4, -0.2) is 27.4 Å². The summed E-state index contributed by atoms with van der Waals surface area (Å²) < 4.78 is 26.7. The molecule has 1 amide bonds. The van der Waals surface area contributed by atoms with Crippen molar-refractivity contribution in [3.63, 3.8) is 0 Å². The Kier molecular flexibility index (Phi) is 7.33. The molecule has 5 nitrogen and oxygen atoms in total. The molecule has 2 aromatic carbocycles. The lowest BCUT2D eigenvalue weighted by Crippen LogP contribution is -2.27. The highest BCUT2D eigenvalue weighted by atomic mass is 32.2. The Hall–Kier alpha value is -2.44. The van der Waals surface area contributed by atoms with E-state index in [9.17, 15) is 13.2 Å². The van der Waals surface area contributed by atoms with Crippen LogP contribution in [-0.2, 0) is 16.4 Å². The van der Waals surface area contributed by atoms with Crippen molar-refractivity contribution in [2.45, 2.75) is 31.1 Å². The van der Waals surface area contributed by atoms with Crippen molar-refractivity contribution >= 4 is 15.9 Å². The summed E-state index contributed by atoms with van der Waals surface area (Å²) in [6.45, 7) is 8.39. The lowest BCUT2D eigenvalue weighted by Gasteiger charge is -2.09. The molecule has 0 unspecified atom stereocenters. The second kappa shape index (κ2) is 9.48. The zero-order valence-electron chi connectivity index (χ0n) is 15.7. The van der Waals surface area contributed by atoms with E-state index in [1.165, 1.54) is 23.8 Å². The maximum absolute atomic E-state index is 12.3. The van der Waals surface area contributed by atoms with Gasteiger partial charge < -0.3 is 5.32 Å². The number of carbonyl (C=O) groups excluding carboxylic acids is 1. The third kappa shape index (κ3) is 6.05. The third-order valence-electron chi connectivity index (χ3n) is 4.17. The monoisotopic (exact) mass is 386 g/mol. The second-order valence-corrected chi connectivity index (χ2v) is 8.34. The molecule has 0 aliphatic rings. The Morgan fingerprint density at radius 1 is 1.15 bits per heavy atom. The molecule has 0 aromatic heterocycles. The van der Waals surface area contributed by atoms with Gasteiger partial charge in [-0.2, -0.15) is 0 Å². The fourth-order valence-corrected chi connectivity index (χ4v) is 3.59. The van der Waals surface area contributed by atoms with Gasteiger partial charge in [-0.1, -0.05) is 50.3 Å². The van der Waals surface area contributed by atoms with Crippen LogP contribution in [0, 0.1) is 0 Å². The van der Waals surface area contributed by atoms with Crippen molar-refractivity contribution in [3.05, 3.63) is 77.9 Å². The molecule has 27 heavy (non-hydrogen) atoms. The Labute approximate surface area is 161 Å². The summed E-state index contributed by atoms with van der Waals surface area (Å²) in [5, 5.41) is 2.84. The van der Waals surface area contributed by atoms with Crippen molar-refractivity contribution in [2.75, 3.05) is 13.1 Å². The fraction of sp³-hybridized carbons (Fsp3) is 0.286. The van der Waals surface area contributed by atoms with Crippen molar-refractivity contribution in [1.82, 2.24) is 10.0 Å². The van der Waals surface area contributed by atoms with E-state index in [0.717, 1.165) is 5.56 Å². The van der Waals surface area contributed by atoms with Crippen LogP contribution in [0.3, 0.4) is 0 Å². The number of carbonyl (C=O) groups is 1. The highest BCUT2D eigenvalue weighted by Crippen LogP contribution is 2.15. The average Bonchev–Trinajstić information content (AvgIpc) is 2.67. The normalized spacial score (nSPS) is 11.4. The second-order valence-electron chi connectivity index (χ2n) is 6.57. The average molecular weight is 387 g/mol. The zero-order valence-corrected chi connectivity index (χ0v) is 16.6. The molecule has 0 atom stereocenters. The highest BCUT2D eigenvalue weighted by Gasteiger charge is 2.15. The summed E-state index contributed by atoms with van der Waals surface area (Å²) in [7, 11) is -3.65.